The number of carbonyl (C=O) groups is 6. The van der Waals surface area contributed by atoms with E-state index in [1.165, 1.54) is 18.6 Å². The molecule has 2 unspecified atom stereocenters. The van der Waals surface area contributed by atoms with Crippen LogP contribution in [0.5, 0.6) is 0 Å². The highest BCUT2D eigenvalue weighted by molar-refractivity contribution is 6.38. The van der Waals surface area contributed by atoms with Gasteiger partial charge < -0.3 is 10.2 Å². The van der Waals surface area contributed by atoms with Crippen molar-refractivity contribution in [2.24, 2.45) is 41.4 Å². The smallest absolute Gasteiger partial charge is 0.246 e. The number of ketones is 4. The number of aromatic nitrogens is 2. The molecule has 4 fully saturated rings. The lowest BCUT2D eigenvalue weighted by Crippen LogP contribution is -2.56. The van der Waals surface area contributed by atoms with Gasteiger partial charge in [0.05, 0.1) is 12.2 Å². The van der Waals surface area contributed by atoms with Gasteiger partial charge in [-0.25, -0.2) is 4.98 Å². The molecule has 5 rings (SSSR count). The van der Waals surface area contributed by atoms with E-state index in [1.54, 1.807) is 4.90 Å². The highest BCUT2D eigenvalue weighted by atomic mass is 16.2. The standard InChI is InChI=1S/C39H56N4O6/c1-4-10-27(37(47)34(46)19-25-15-16-25)20-33(45)36-29-14-9-13-28(29)23-43(36)39(49)35(24(3)5-2)42-38(48)30(26-11-7-6-8-12-26)21-32(44)31-22-40-17-18-41-31/h17-18,22,24-30,35-36H,4-16,19-21,23H2,1-3H3,(H,42,48)/t24?,27-,28?,29+,30+,35+,36+/m1/s1. The number of fused-ring (bicyclic) bond motifs is 1. The van der Waals surface area contributed by atoms with Gasteiger partial charge in [0.1, 0.15) is 11.7 Å². The quantitative estimate of drug-likeness (QED) is 0.154. The van der Waals surface area contributed by atoms with Gasteiger partial charge in [0.15, 0.2) is 17.3 Å². The molecule has 1 aromatic heterocycles. The number of Topliss-reactive ketones (excluding diaryl/α,β-unsaturated/α-hetero) is 4. The molecule has 2 amide bonds. The van der Waals surface area contributed by atoms with Crippen LogP contribution in [0.25, 0.3) is 0 Å². The van der Waals surface area contributed by atoms with E-state index >= 15 is 0 Å². The van der Waals surface area contributed by atoms with Gasteiger partial charge in [-0.05, 0) is 74.5 Å². The Balaban J connectivity index is 1.35. The fourth-order valence-electron chi connectivity index (χ4n) is 8.77. The zero-order chi connectivity index (χ0) is 35.1. The molecule has 1 aromatic rings. The van der Waals surface area contributed by atoms with Crippen LogP contribution in [0.1, 0.15) is 134 Å². The molecule has 49 heavy (non-hydrogen) atoms. The largest absolute Gasteiger partial charge is 0.344 e. The molecule has 4 aliphatic rings. The minimum atomic E-state index is -0.850. The average Bonchev–Trinajstić information content (AvgIpc) is 3.69. The lowest BCUT2D eigenvalue weighted by atomic mass is 9.77. The first kappa shape index (κ1) is 37.0. The van der Waals surface area contributed by atoms with E-state index in [-0.39, 0.29) is 77.8 Å². The minimum absolute atomic E-state index is 0.00209. The van der Waals surface area contributed by atoms with E-state index in [9.17, 15) is 28.8 Å². The van der Waals surface area contributed by atoms with E-state index in [4.69, 9.17) is 0 Å². The Morgan fingerprint density at radius 3 is 2.33 bits per heavy atom. The number of nitrogens with one attached hydrogen (secondary N) is 1. The summed E-state index contributed by atoms with van der Waals surface area (Å²) in [6, 6.07) is -1.51. The van der Waals surface area contributed by atoms with Crippen LogP contribution in [0.4, 0.5) is 0 Å². The predicted molar refractivity (Wildman–Crippen MR) is 184 cm³/mol. The molecule has 0 spiro atoms. The molecule has 0 aromatic carbocycles. The van der Waals surface area contributed by atoms with Crippen LogP contribution in [0.15, 0.2) is 18.6 Å². The van der Waals surface area contributed by atoms with Gasteiger partial charge in [-0.2, -0.15) is 0 Å². The molecular formula is C39H56N4O6. The lowest BCUT2D eigenvalue weighted by molar-refractivity contribution is -0.145. The van der Waals surface area contributed by atoms with Gasteiger partial charge >= 0.3 is 0 Å². The van der Waals surface area contributed by atoms with Crippen LogP contribution >= 0.6 is 0 Å². The number of amides is 2. The van der Waals surface area contributed by atoms with E-state index in [2.05, 4.69) is 15.3 Å². The van der Waals surface area contributed by atoms with E-state index in [1.807, 2.05) is 20.8 Å². The van der Waals surface area contributed by atoms with Crippen LogP contribution in [0, 0.1) is 41.4 Å². The van der Waals surface area contributed by atoms with Crippen molar-refractivity contribution in [2.75, 3.05) is 6.54 Å². The van der Waals surface area contributed by atoms with Crippen molar-refractivity contribution in [1.82, 2.24) is 20.2 Å². The maximum Gasteiger partial charge on any atom is 0.246 e. The molecule has 1 N–H and O–H groups in total. The first-order chi connectivity index (χ1) is 23.6. The summed E-state index contributed by atoms with van der Waals surface area (Å²) in [7, 11) is 0. The molecular weight excluding hydrogens is 620 g/mol. The van der Waals surface area contributed by atoms with E-state index < -0.39 is 29.7 Å². The van der Waals surface area contributed by atoms with Gasteiger partial charge in [0, 0.05) is 50.0 Å². The molecule has 2 heterocycles. The topological polar surface area (TPSA) is 143 Å². The SMILES string of the molecule is CCC[C@H](CC(=O)[C@@H]1[C@H]2CCCC2CN1C(=O)[C@@H](NC(=O)[C@@H](CC(=O)c1cnccn1)C1CCCCC1)C(C)CC)C(=O)C(=O)CC1CC1. The van der Waals surface area contributed by atoms with Crippen molar-refractivity contribution in [3.63, 3.8) is 0 Å². The van der Waals surface area contributed by atoms with Crippen LogP contribution in [-0.2, 0) is 24.0 Å². The summed E-state index contributed by atoms with van der Waals surface area (Å²) >= 11 is 0. The second-order valence-corrected chi connectivity index (χ2v) is 15.5. The zero-order valence-corrected chi connectivity index (χ0v) is 29.7. The highest BCUT2D eigenvalue weighted by Crippen LogP contribution is 2.44. The molecule has 3 aliphatic carbocycles. The lowest BCUT2D eigenvalue weighted by Gasteiger charge is -2.35. The van der Waals surface area contributed by atoms with Crippen LogP contribution < -0.4 is 5.32 Å². The Hall–Kier alpha value is -3.30. The van der Waals surface area contributed by atoms with Crippen LogP contribution in [-0.4, -0.2) is 68.4 Å². The molecule has 0 radical (unpaired) electrons. The molecule has 268 valence electrons. The van der Waals surface area contributed by atoms with Crippen molar-refractivity contribution < 1.29 is 28.8 Å². The number of hydrogen-bond acceptors (Lipinski definition) is 8. The summed E-state index contributed by atoms with van der Waals surface area (Å²) in [6.45, 7) is 6.33. The molecule has 3 saturated carbocycles. The third kappa shape index (κ3) is 9.09. The summed E-state index contributed by atoms with van der Waals surface area (Å²) in [5.74, 6) is -2.66. The Bertz CT molecular complexity index is 1360. The second-order valence-electron chi connectivity index (χ2n) is 15.5. The van der Waals surface area contributed by atoms with Crippen molar-refractivity contribution >= 4 is 34.9 Å². The first-order valence-corrected chi connectivity index (χ1v) is 19.1. The monoisotopic (exact) mass is 676 g/mol. The molecule has 7 atom stereocenters. The summed E-state index contributed by atoms with van der Waals surface area (Å²) in [5.41, 5.74) is 0.227. The second kappa shape index (κ2) is 17.1. The Labute approximate surface area is 291 Å². The number of carbonyl (C=O) groups excluding carboxylic acids is 6. The zero-order valence-electron chi connectivity index (χ0n) is 29.7. The summed E-state index contributed by atoms with van der Waals surface area (Å²) in [6.07, 6.45) is 15.9. The average molecular weight is 677 g/mol. The number of rotatable bonds is 18. The highest BCUT2D eigenvalue weighted by Gasteiger charge is 2.51. The van der Waals surface area contributed by atoms with Crippen LogP contribution in [0.2, 0.25) is 0 Å². The molecule has 0 bridgehead atoms. The Morgan fingerprint density at radius 2 is 1.67 bits per heavy atom. The fraction of sp³-hybridized carbons (Fsp3) is 0.744. The van der Waals surface area contributed by atoms with Crippen LogP contribution in [0.3, 0.4) is 0 Å². The number of likely N-dealkylation sites (tertiary alicyclic amines) is 1. The van der Waals surface area contributed by atoms with Crippen molar-refractivity contribution in [2.45, 2.75) is 136 Å². The Kier molecular flexibility index (Phi) is 12.9. The third-order valence-electron chi connectivity index (χ3n) is 12.0. The summed E-state index contributed by atoms with van der Waals surface area (Å²) in [5, 5.41) is 3.11. The number of nitrogens with zero attached hydrogens (tertiary/aromatic N) is 3. The van der Waals surface area contributed by atoms with Gasteiger partial charge in [-0.15, -0.1) is 0 Å². The molecule has 1 aliphatic heterocycles. The van der Waals surface area contributed by atoms with Crippen molar-refractivity contribution in [1.29, 1.82) is 0 Å². The molecule has 1 saturated heterocycles. The van der Waals surface area contributed by atoms with Gasteiger partial charge in [0.25, 0.3) is 0 Å². The first-order valence-electron chi connectivity index (χ1n) is 19.1. The maximum atomic E-state index is 14.6. The van der Waals surface area contributed by atoms with E-state index in [0.717, 1.165) is 64.2 Å². The normalized spacial score (nSPS) is 24.8. The molecule has 10 heteroatoms. The summed E-state index contributed by atoms with van der Waals surface area (Å²) < 4.78 is 0. The maximum absolute atomic E-state index is 14.6. The van der Waals surface area contributed by atoms with Gasteiger partial charge in [-0.3, -0.25) is 33.8 Å². The van der Waals surface area contributed by atoms with Gasteiger partial charge in [0.2, 0.25) is 17.6 Å². The number of hydrogen-bond donors (Lipinski definition) is 1. The van der Waals surface area contributed by atoms with E-state index in [0.29, 0.717) is 31.7 Å². The fourth-order valence-corrected chi connectivity index (χ4v) is 8.77. The minimum Gasteiger partial charge on any atom is -0.344 e. The van der Waals surface area contributed by atoms with Crippen molar-refractivity contribution in [3.05, 3.63) is 24.3 Å². The Morgan fingerprint density at radius 1 is 0.918 bits per heavy atom. The third-order valence-corrected chi connectivity index (χ3v) is 12.0. The molecule has 10 nitrogen and oxygen atoms in total. The van der Waals surface area contributed by atoms with Crippen molar-refractivity contribution in [3.8, 4) is 0 Å². The predicted octanol–water partition coefficient (Wildman–Crippen LogP) is 5.72. The van der Waals surface area contributed by atoms with Gasteiger partial charge in [-0.1, -0.05) is 59.3 Å². The summed E-state index contributed by atoms with van der Waals surface area (Å²) in [4.78, 5) is 92.2.